The van der Waals surface area contributed by atoms with Crippen molar-refractivity contribution in [2.75, 3.05) is 18.4 Å². The van der Waals surface area contributed by atoms with Crippen molar-refractivity contribution >= 4 is 41.5 Å². The Morgan fingerprint density at radius 1 is 1.04 bits per heavy atom. The molecule has 0 radical (unpaired) electrons. The highest BCUT2D eigenvalue weighted by atomic mass is 127. The molecule has 4 N–H and O–H groups in total. The van der Waals surface area contributed by atoms with Gasteiger partial charge in [0.2, 0.25) is 0 Å². The molecule has 27 heavy (non-hydrogen) atoms. The highest BCUT2D eigenvalue weighted by molar-refractivity contribution is 14.0. The second kappa shape index (κ2) is 10.9. The molecule has 1 aliphatic rings. The first-order valence-electron chi connectivity index (χ1n) is 9.25. The van der Waals surface area contributed by atoms with Gasteiger partial charge in [-0.1, -0.05) is 30.3 Å². The third-order valence-corrected chi connectivity index (χ3v) is 4.60. The van der Waals surface area contributed by atoms with Crippen LogP contribution in [0.25, 0.3) is 0 Å². The quantitative estimate of drug-likeness (QED) is 0.256. The van der Waals surface area contributed by atoms with Gasteiger partial charge in [-0.05, 0) is 61.4 Å². The number of anilines is 1. The van der Waals surface area contributed by atoms with Crippen molar-refractivity contribution in [1.29, 1.82) is 0 Å². The highest BCUT2D eigenvalue weighted by Gasteiger charge is 2.13. The first kappa shape index (κ1) is 21.2. The number of nitrogens with two attached hydrogens (primary N) is 1. The van der Waals surface area contributed by atoms with E-state index < -0.39 is 0 Å². The van der Waals surface area contributed by atoms with E-state index in [2.05, 4.69) is 33.8 Å². The van der Waals surface area contributed by atoms with Crippen LogP contribution in [0.2, 0.25) is 0 Å². The van der Waals surface area contributed by atoms with Crippen molar-refractivity contribution in [2.24, 2.45) is 10.7 Å². The van der Waals surface area contributed by atoms with E-state index in [9.17, 15) is 4.79 Å². The lowest BCUT2D eigenvalue weighted by Crippen LogP contribution is -2.26. The Morgan fingerprint density at radius 2 is 1.81 bits per heavy atom. The van der Waals surface area contributed by atoms with Crippen LogP contribution in [0.4, 0.5) is 5.69 Å². The fourth-order valence-corrected chi connectivity index (χ4v) is 3.25. The monoisotopic (exact) mass is 478 g/mol. The first-order chi connectivity index (χ1) is 12.7. The van der Waals surface area contributed by atoms with Crippen LogP contribution in [0.5, 0.6) is 0 Å². The number of carbonyl (C=O) groups is 1. The van der Waals surface area contributed by atoms with Gasteiger partial charge >= 0.3 is 0 Å². The van der Waals surface area contributed by atoms with Crippen LogP contribution < -0.4 is 16.4 Å². The lowest BCUT2D eigenvalue weighted by atomic mass is 9.90. The molecule has 0 fully saturated rings. The molecule has 0 saturated heterocycles. The van der Waals surface area contributed by atoms with Crippen LogP contribution in [0.3, 0.4) is 0 Å². The first-order valence-corrected chi connectivity index (χ1v) is 9.25. The Bertz CT molecular complexity index is 777. The van der Waals surface area contributed by atoms with Crippen molar-refractivity contribution in [3.8, 4) is 0 Å². The van der Waals surface area contributed by atoms with Crippen molar-refractivity contribution in [3.63, 3.8) is 0 Å². The van der Waals surface area contributed by atoms with Gasteiger partial charge in [0.05, 0.1) is 0 Å². The molecule has 144 valence electrons. The van der Waals surface area contributed by atoms with E-state index in [1.807, 2.05) is 18.2 Å². The van der Waals surface area contributed by atoms with Crippen molar-refractivity contribution in [1.82, 2.24) is 5.32 Å². The highest BCUT2D eigenvalue weighted by Crippen LogP contribution is 2.27. The molecule has 0 bridgehead atoms. The van der Waals surface area contributed by atoms with Gasteiger partial charge in [0.1, 0.15) is 0 Å². The fraction of sp³-hybridized carbons (Fsp3) is 0.333. The molecule has 0 spiro atoms. The number of carbonyl (C=O) groups excluding carboxylic acids is 1. The molecule has 0 heterocycles. The second-order valence-electron chi connectivity index (χ2n) is 6.52. The largest absolute Gasteiger partial charge is 0.370 e. The molecule has 2 aromatic rings. The SMILES string of the molecule is I.NC(=NCCCNC(=O)c1ccccc1)Nc1cccc2c1CCCC2. The maximum atomic E-state index is 11.9. The average Bonchev–Trinajstić information content (AvgIpc) is 2.68. The summed E-state index contributed by atoms with van der Waals surface area (Å²) in [5.74, 6) is 0.370. The minimum atomic E-state index is -0.0587. The number of nitrogens with zero attached hydrogens (tertiary/aromatic N) is 1. The van der Waals surface area contributed by atoms with E-state index >= 15 is 0 Å². The predicted octanol–water partition coefficient (Wildman–Crippen LogP) is 3.73. The van der Waals surface area contributed by atoms with E-state index in [-0.39, 0.29) is 29.9 Å². The Morgan fingerprint density at radius 3 is 2.63 bits per heavy atom. The van der Waals surface area contributed by atoms with Gasteiger partial charge in [0.25, 0.3) is 5.91 Å². The molecule has 5 nitrogen and oxygen atoms in total. The average molecular weight is 478 g/mol. The smallest absolute Gasteiger partial charge is 0.251 e. The van der Waals surface area contributed by atoms with Crippen molar-refractivity contribution in [2.45, 2.75) is 32.1 Å². The zero-order valence-electron chi connectivity index (χ0n) is 15.4. The number of guanidine groups is 1. The molecule has 0 atom stereocenters. The summed E-state index contributed by atoms with van der Waals surface area (Å²) in [6, 6.07) is 15.5. The minimum Gasteiger partial charge on any atom is -0.370 e. The number of aliphatic imine (C=N–C) groups is 1. The van der Waals surface area contributed by atoms with E-state index in [1.54, 1.807) is 12.1 Å². The van der Waals surface area contributed by atoms with E-state index in [4.69, 9.17) is 5.73 Å². The van der Waals surface area contributed by atoms with Crippen LogP contribution in [0, 0.1) is 0 Å². The summed E-state index contributed by atoms with van der Waals surface area (Å²) in [7, 11) is 0. The normalized spacial score (nSPS) is 13.3. The summed E-state index contributed by atoms with van der Waals surface area (Å²) in [5.41, 5.74) is 10.5. The topological polar surface area (TPSA) is 79.5 Å². The maximum absolute atomic E-state index is 11.9. The molecule has 0 unspecified atom stereocenters. The molecule has 2 aromatic carbocycles. The number of halogens is 1. The summed E-state index contributed by atoms with van der Waals surface area (Å²) in [6.07, 6.45) is 5.47. The third kappa shape index (κ3) is 6.23. The fourth-order valence-electron chi connectivity index (χ4n) is 3.25. The number of benzene rings is 2. The minimum absolute atomic E-state index is 0. The van der Waals surface area contributed by atoms with Crippen molar-refractivity contribution < 1.29 is 4.79 Å². The summed E-state index contributed by atoms with van der Waals surface area (Å²) in [5, 5.41) is 6.13. The second-order valence-corrected chi connectivity index (χ2v) is 6.52. The Labute approximate surface area is 177 Å². The number of amides is 1. The number of fused-ring (bicyclic) bond motifs is 1. The van der Waals surface area contributed by atoms with Gasteiger partial charge in [-0.3, -0.25) is 9.79 Å². The lowest BCUT2D eigenvalue weighted by molar-refractivity contribution is 0.0953. The zero-order chi connectivity index (χ0) is 18.2. The molecule has 3 rings (SSSR count). The molecule has 6 heteroatoms. The molecular formula is C21H27IN4O. The Hall–Kier alpha value is -2.09. The third-order valence-electron chi connectivity index (χ3n) is 4.60. The standard InChI is InChI=1S/C21H26N4O.HI/c22-21(25-19-13-6-11-16-8-4-5-12-18(16)19)24-15-7-14-23-20(26)17-9-2-1-3-10-17;/h1-3,6,9-11,13H,4-5,7-8,12,14-15H2,(H,23,26)(H3,22,24,25);1H. The van der Waals surface area contributed by atoms with Gasteiger partial charge in [-0.25, -0.2) is 0 Å². The van der Waals surface area contributed by atoms with Gasteiger partial charge in [-0.15, -0.1) is 24.0 Å². The number of hydrogen-bond donors (Lipinski definition) is 3. The van der Waals surface area contributed by atoms with Crippen LogP contribution >= 0.6 is 24.0 Å². The van der Waals surface area contributed by atoms with Gasteiger partial charge in [0, 0.05) is 24.3 Å². The lowest BCUT2D eigenvalue weighted by Gasteiger charge is -2.19. The summed E-state index contributed by atoms with van der Waals surface area (Å²) >= 11 is 0. The number of aryl methyl sites for hydroxylation is 1. The molecule has 1 amide bonds. The molecule has 0 aliphatic heterocycles. The van der Waals surface area contributed by atoms with Gasteiger partial charge in [0.15, 0.2) is 5.96 Å². The Balaban J connectivity index is 0.00000261. The number of rotatable bonds is 6. The molecular weight excluding hydrogens is 451 g/mol. The zero-order valence-corrected chi connectivity index (χ0v) is 17.7. The van der Waals surface area contributed by atoms with Crippen LogP contribution in [0.1, 0.15) is 40.7 Å². The molecule has 0 saturated carbocycles. The number of hydrogen-bond acceptors (Lipinski definition) is 2. The van der Waals surface area contributed by atoms with Gasteiger partial charge in [-0.2, -0.15) is 0 Å². The van der Waals surface area contributed by atoms with E-state index in [1.165, 1.54) is 24.0 Å². The molecule has 0 aromatic heterocycles. The van der Waals surface area contributed by atoms with E-state index in [0.717, 1.165) is 24.9 Å². The Kier molecular flexibility index (Phi) is 8.57. The van der Waals surface area contributed by atoms with Crippen LogP contribution in [-0.2, 0) is 12.8 Å². The number of nitrogens with one attached hydrogen (secondary N) is 2. The summed E-state index contributed by atoms with van der Waals surface area (Å²) in [4.78, 5) is 16.3. The summed E-state index contributed by atoms with van der Waals surface area (Å²) < 4.78 is 0. The summed E-state index contributed by atoms with van der Waals surface area (Å²) in [6.45, 7) is 1.15. The van der Waals surface area contributed by atoms with Crippen LogP contribution in [0.15, 0.2) is 53.5 Å². The van der Waals surface area contributed by atoms with Gasteiger partial charge < -0.3 is 16.4 Å². The molecule has 1 aliphatic carbocycles. The van der Waals surface area contributed by atoms with Crippen LogP contribution in [-0.4, -0.2) is 25.0 Å². The van der Waals surface area contributed by atoms with E-state index in [0.29, 0.717) is 24.6 Å². The predicted molar refractivity (Wildman–Crippen MR) is 122 cm³/mol. The maximum Gasteiger partial charge on any atom is 0.251 e. The van der Waals surface area contributed by atoms with Crippen molar-refractivity contribution in [3.05, 3.63) is 65.2 Å².